The molecule has 0 aliphatic heterocycles. The van der Waals surface area contributed by atoms with Crippen molar-refractivity contribution in [3.8, 4) is 23.0 Å². The zero-order chi connectivity index (χ0) is 23.3. The largest absolute Gasteiger partial charge is 0.508 e. The predicted molar refractivity (Wildman–Crippen MR) is 131 cm³/mol. The number of benzene rings is 4. The van der Waals surface area contributed by atoms with E-state index in [0.717, 1.165) is 4.47 Å². The fraction of sp³-hybridized carbons (Fsp3) is 0.0769. The van der Waals surface area contributed by atoms with Crippen LogP contribution in [0.15, 0.2) is 120 Å². The SMILES string of the molecule is CC.Oc1ccccc1.Oc1ccccc1.Oc1ccccc1.Oc1ccccc1Br. The monoisotopic (exact) mass is 484 g/mol. The van der Waals surface area contributed by atoms with Gasteiger partial charge in [0.25, 0.3) is 0 Å². The molecule has 0 atom stereocenters. The van der Waals surface area contributed by atoms with Crippen LogP contribution in [0.3, 0.4) is 0 Å². The van der Waals surface area contributed by atoms with E-state index in [0.29, 0.717) is 17.2 Å². The van der Waals surface area contributed by atoms with Crippen molar-refractivity contribution >= 4 is 15.9 Å². The number of rotatable bonds is 0. The molecule has 4 aromatic rings. The van der Waals surface area contributed by atoms with Crippen LogP contribution in [0.25, 0.3) is 0 Å². The van der Waals surface area contributed by atoms with Gasteiger partial charge in [0.15, 0.2) is 0 Å². The summed E-state index contributed by atoms with van der Waals surface area (Å²) in [7, 11) is 0. The normalized spacial score (nSPS) is 8.35. The first-order valence-corrected chi connectivity index (χ1v) is 10.4. The Hall–Kier alpha value is -3.44. The second-order valence-electron chi connectivity index (χ2n) is 5.46. The average molecular weight is 485 g/mol. The Labute approximate surface area is 192 Å². The minimum atomic E-state index is 0.285. The van der Waals surface area contributed by atoms with Gasteiger partial charge in [0.2, 0.25) is 0 Å². The van der Waals surface area contributed by atoms with Crippen LogP contribution in [0.5, 0.6) is 23.0 Å². The molecular formula is C26H29BrO4. The van der Waals surface area contributed by atoms with E-state index in [1.807, 2.05) is 38.1 Å². The van der Waals surface area contributed by atoms with Crippen molar-refractivity contribution in [2.75, 3.05) is 0 Å². The molecule has 0 heterocycles. The van der Waals surface area contributed by atoms with Gasteiger partial charge in [-0.15, -0.1) is 0 Å². The first-order chi connectivity index (χ1) is 15.0. The molecule has 0 aliphatic carbocycles. The van der Waals surface area contributed by atoms with E-state index in [9.17, 15) is 0 Å². The van der Waals surface area contributed by atoms with Crippen LogP contribution in [0, 0.1) is 0 Å². The molecular weight excluding hydrogens is 456 g/mol. The number of hydrogen-bond acceptors (Lipinski definition) is 4. The molecule has 0 fully saturated rings. The number of aromatic hydroxyl groups is 4. The minimum absolute atomic E-state index is 0.285. The van der Waals surface area contributed by atoms with Gasteiger partial charge >= 0.3 is 0 Å². The topological polar surface area (TPSA) is 80.9 Å². The van der Waals surface area contributed by atoms with E-state index in [4.69, 9.17) is 20.4 Å². The van der Waals surface area contributed by atoms with E-state index in [1.54, 1.807) is 91.0 Å². The van der Waals surface area contributed by atoms with E-state index in [1.165, 1.54) is 0 Å². The highest BCUT2D eigenvalue weighted by molar-refractivity contribution is 9.10. The predicted octanol–water partition coefficient (Wildman–Crippen LogP) is 7.36. The van der Waals surface area contributed by atoms with Gasteiger partial charge in [-0.1, -0.05) is 80.6 Å². The third kappa shape index (κ3) is 16.1. The van der Waals surface area contributed by atoms with Gasteiger partial charge in [-0.05, 0) is 64.5 Å². The highest BCUT2D eigenvalue weighted by Gasteiger charge is 1.89. The molecule has 4 aromatic carbocycles. The molecule has 0 bridgehead atoms. The lowest BCUT2D eigenvalue weighted by molar-refractivity contribution is 0.472. The van der Waals surface area contributed by atoms with Crippen molar-refractivity contribution in [2.45, 2.75) is 13.8 Å². The van der Waals surface area contributed by atoms with Crippen molar-refractivity contribution in [1.29, 1.82) is 0 Å². The van der Waals surface area contributed by atoms with Crippen LogP contribution in [0.1, 0.15) is 13.8 Å². The molecule has 0 radical (unpaired) electrons. The van der Waals surface area contributed by atoms with Gasteiger partial charge < -0.3 is 20.4 Å². The smallest absolute Gasteiger partial charge is 0.129 e. The summed E-state index contributed by atoms with van der Waals surface area (Å²) in [6.45, 7) is 4.00. The molecule has 0 amide bonds. The maximum atomic E-state index is 8.87. The maximum absolute atomic E-state index is 8.87. The van der Waals surface area contributed by atoms with Crippen molar-refractivity contribution in [1.82, 2.24) is 0 Å². The summed E-state index contributed by atoms with van der Waals surface area (Å²) < 4.78 is 0.736. The second kappa shape index (κ2) is 18.6. The molecule has 0 spiro atoms. The molecule has 0 aromatic heterocycles. The first-order valence-electron chi connectivity index (χ1n) is 9.64. The van der Waals surface area contributed by atoms with Crippen LogP contribution >= 0.6 is 15.9 Å². The quantitative estimate of drug-likeness (QED) is 0.210. The third-order valence-corrected chi connectivity index (χ3v) is 3.79. The molecule has 164 valence electrons. The number of hydrogen-bond donors (Lipinski definition) is 4. The highest BCUT2D eigenvalue weighted by Crippen LogP contribution is 2.21. The third-order valence-electron chi connectivity index (χ3n) is 3.12. The summed E-state index contributed by atoms with van der Waals surface area (Å²) in [6.07, 6.45) is 0. The zero-order valence-corrected chi connectivity index (χ0v) is 19.2. The standard InChI is InChI=1S/C6H5BrO.3C6H6O.C2H6/c7-5-3-1-2-4-6(5)8;3*7-6-4-2-1-3-5-6;1-2/h1-4,8H;3*1-5,7H;1-2H3. The summed E-state index contributed by atoms with van der Waals surface area (Å²) in [4.78, 5) is 0. The van der Waals surface area contributed by atoms with Crippen molar-refractivity contribution in [2.24, 2.45) is 0 Å². The second-order valence-corrected chi connectivity index (χ2v) is 6.31. The minimum Gasteiger partial charge on any atom is -0.508 e. The highest BCUT2D eigenvalue weighted by atomic mass is 79.9. The lowest BCUT2D eigenvalue weighted by Gasteiger charge is -1.90. The number of para-hydroxylation sites is 4. The molecule has 31 heavy (non-hydrogen) atoms. The molecule has 0 unspecified atom stereocenters. The fourth-order valence-corrected chi connectivity index (χ4v) is 2.02. The molecule has 0 saturated carbocycles. The molecule has 4 nitrogen and oxygen atoms in total. The average Bonchev–Trinajstić information content (AvgIpc) is 2.80. The number of phenols is 4. The summed E-state index contributed by atoms with van der Waals surface area (Å²) >= 11 is 3.15. The van der Waals surface area contributed by atoms with Crippen LogP contribution in [-0.2, 0) is 0 Å². The summed E-state index contributed by atoms with van der Waals surface area (Å²) in [5, 5.41) is 34.8. The van der Waals surface area contributed by atoms with Gasteiger partial charge in [0.1, 0.15) is 23.0 Å². The van der Waals surface area contributed by atoms with Crippen molar-refractivity contribution in [3.05, 3.63) is 120 Å². The number of halogens is 1. The van der Waals surface area contributed by atoms with Gasteiger partial charge in [-0.2, -0.15) is 0 Å². The van der Waals surface area contributed by atoms with Crippen LogP contribution in [-0.4, -0.2) is 20.4 Å². The van der Waals surface area contributed by atoms with Gasteiger partial charge in [-0.25, -0.2) is 0 Å². The molecule has 0 saturated heterocycles. The van der Waals surface area contributed by atoms with E-state index in [2.05, 4.69) is 15.9 Å². The Morgan fingerprint density at radius 3 is 0.839 bits per heavy atom. The molecule has 4 N–H and O–H groups in total. The van der Waals surface area contributed by atoms with Gasteiger partial charge in [0.05, 0.1) is 4.47 Å². The van der Waals surface area contributed by atoms with Crippen LogP contribution in [0.2, 0.25) is 0 Å². The lowest BCUT2D eigenvalue weighted by atomic mass is 10.3. The van der Waals surface area contributed by atoms with Crippen LogP contribution in [0.4, 0.5) is 0 Å². The summed E-state index contributed by atoms with van der Waals surface area (Å²) in [5.74, 6) is 1.25. The molecule has 0 aliphatic rings. The summed E-state index contributed by atoms with van der Waals surface area (Å²) in [5.41, 5.74) is 0. The van der Waals surface area contributed by atoms with Gasteiger partial charge in [-0.3, -0.25) is 0 Å². The van der Waals surface area contributed by atoms with Crippen molar-refractivity contribution < 1.29 is 20.4 Å². The molecule has 4 rings (SSSR count). The fourth-order valence-electron chi connectivity index (χ4n) is 1.74. The van der Waals surface area contributed by atoms with E-state index >= 15 is 0 Å². The lowest BCUT2D eigenvalue weighted by Crippen LogP contribution is -1.63. The molecule has 5 heteroatoms. The van der Waals surface area contributed by atoms with Crippen LogP contribution < -0.4 is 0 Å². The Morgan fingerprint density at radius 2 is 0.677 bits per heavy atom. The van der Waals surface area contributed by atoms with E-state index < -0.39 is 0 Å². The Kier molecular flexibility index (Phi) is 16.5. The number of phenolic OH excluding ortho intramolecular Hbond substituents is 4. The van der Waals surface area contributed by atoms with E-state index in [-0.39, 0.29) is 5.75 Å². The Balaban J connectivity index is 0.000000377. The Morgan fingerprint density at radius 1 is 0.419 bits per heavy atom. The first kappa shape index (κ1) is 27.6. The van der Waals surface area contributed by atoms with Crippen molar-refractivity contribution in [3.63, 3.8) is 0 Å². The zero-order valence-electron chi connectivity index (χ0n) is 17.6. The van der Waals surface area contributed by atoms with Gasteiger partial charge in [0, 0.05) is 0 Å². The maximum Gasteiger partial charge on any atom is 0.129 e. The Bertz CT molecular complexity index is 792. The summed E-state index contributed by atoms with van der Waals surface area (Å²) in [6, 6.07) is 33.2.